The minimum Gasteiger partial charge on any atom is -0.481 e. The highest BCUT2D eigenvalue weighted by atomic mass is 16.4. The molecule has 2 unspecified atom stereocenters. The Kier molecular flexibility index (Phi) is 2.97. The normalized spacial score (nSPS) is 25.3. The lowest BCUT2D eigenvalue weighted by molar-refractivity contribution is -0.140. The number of hydrogen-bond acceptors (Lipinski definition) is 2. The van der Waals surface area contributed by atoms with Gasteiger partial charge in [-0.25, -0.2) is 0 Å². The molecule has 1 N–H and O–H groups in total. The molecule has 2 aliphatic rings. The van der Waals surface area contributed by atoms with Gasteiger partial charge in [0.05, 0.1) is 6.42 Å². The molecular weight excluding hydrogens is 240 g/mol. The third-order valence-corrected chi connectivity index (χ3v) is 4.22. The average Bonchev–Trinajstić information content (AvgIpc) is 2.39. The van der Waals surface area contributed by atoms with Crippen LogP contribution in [0.2, 0.25) is 0 Å². The molecule has 0 radical (unpaired) electrons. The number of hydrogen-bond donors (Lipinski definition) is 1. The third-order valence-electron chi connectivity index (χ3n) is 4.22. The maximum absolute atomic E-state index is 12.1. The van der Waals surface area contributed by atoms with E-state index in [0.29, 0.717) is 12.3 Å². The van der Waals surface area contributed by atoms with E-state index in [1.165, 1.54) is 11.1 Å². The lowest BCUT2D eigenvalue weighted by Gasteiger charge is -2.33. The molecule has 1 aromatic rings. The van der Waals surface area contributed by atoms with E-state index in [1.54, 1.807) is 6.08 Å². The molecule has 2 aliphatic carbocycles. The van der Waals surface area contributed by atoms with Crippen LogP contribution in [-0.4, -0.2) is 16.9 Å². The van der Waals surface area contributed by atoms with Crippen LogP contribution in [0.1, 0.15) is 30.4 Å². The molecule has 3 nitrogen and oxygen atoms in total. The van der Waals surface area contributed by atoms with Gasteiger partial charge in [-0.2, -0.15) is 0 Å². The second-order valence-corrected chi connectivity index (χ2v) is 5.43. The number of carbonyl (C=O) groups excluding carboxylic acids is 1. The summed E-state index contributed by atoms with van der Waals surface area (Å²) in [5.74, 6) is -0.898. The number of ketones is 1. The Morgan fingerprint density at radius 1 is 1.32 bits per heavy atom. The average molecular weight is 256 g/mol. The molecule has 0 fully saturated rings. The van der Waals surface area contributed by atoms with Gasteiger partial charge in [0, 0.05) is 5.92 Å². The summed E-state index contributed by atoms with van der Waals surface area (Å²) in [5, 5.41) is 8.86. The van der Waals surface area contributed by atoms with E-state index in [0.717, 1.165) is 18.4 Å². The van der Waals surface area contributed by atoms with Crippen LogP contribution in [0.25, 0.3) is 5.57 Å². The Morgan fingerprint density at radius 3 is 2.89 bits per heavy atom. The fourth-order valence-electron chi connectivity index (χ4n) is 3.29. The van der Waals surface area contributed by atoms with Crippen molar-refractivity contribution in [1.82, 2.24) is 0 Å². The maximum Gasteiger partial charge on any atom is 0.304 e. The maximum atomic E-state index is 12.1. The van der Waals surface area contributed by atoms with Gasteiger partial charge in [0.15, 0.2) is 5.78 Å². The third kappa shape index (κ3) is 2.21. The molecule has 3 rings (SSSR count). The summed E-state index contributed by atoms with van der Waals surface area (Å²) < 4.78 is 0. The van der Waals surface area contributed by atoms with E-state index in [9.17, 15) is 9.59 Å². The van der Waals surface area contributed by atoms with Crippen LogP contribution in [0.15, 0.2) is 30.3 Å². The summed E-state index contributed by atoms with van der Waals surface area (Å²) in [6.07, 6.45) is 4.38. The van der Waals surface area contributed by atoms with Crippen molar-refractivity contribution in [3.63, 3.8) is 0 Å². The molecule has 98 valence electrons. The van der Waals surface area contributed by atoms with Crippen molar-refractivity contribution in [2.24, 2.45) is 11.8 Å². The first-order valence-corrected chi connectivity index (χ1v) is 6.70. The van der Waals surface area contributed by atoms with Crippen molar-refractivity contribution in [1.29, 1.82) is 0 Å². The van der Waals surface area contributed by atoms with E-state index in [2.05, 4.69) is 12.1 Å². The second kappa shape index (κ2) is 4.65. The van der Waals surface area contributed by atoms with Crippen molar-refractivity contribution in [3.05, 3.63) is 41.5 Å². The van der Waals surface area contributed by atoms with Gasteiger partial charge in [-0.05, 0) is 48.0 Å². The Balaban J connectivity index is 1.95. The lowest BCUT2D eigenvalue weighted by Crippen LogP contribution is -2.28. The van der Waals surface area contributed by atoms with Crippen LogP contribution < -0.4 is 0 Å². The molecule has 0 aromatic heterocycles. The van der Waals surface area contributed by atoms with Crippen LogP contribution in [0.5, 0.6) is 0 Å². The minimum atomic E-state index is -0.883. The Bertz CT molecular complexity index is 571. The van der Waals surface area contributed by atoms with Crippen molar-refractivity contribution < 1.29 is 14.7 Å². The molecule has 19 heavy (non-hydrogen) atoms. The summed E-state index contributed by atoms with van der Waals surface area (Å²) in [4.78, 5) is 22.9. The van der Waals surface area contributed by atoms with Crippen LogP contribution in [0, 0.1) is 11.8 Å². The van der Waals surface area contributed by atoms with Gasteiger partial charge in [-0.3, -0.25) is 9.59 Å². The molecule has 3 heteroatoms. The van der Waals surface area contributed by atoms with Crippen LogP contribution in [0.4, 0.5) is 0 Å². The van der Waals surface area contributed by atoms with Gasteiger partial charge in [-0.1, -0.05) is 24.3 Å². The monoisotopic (exact) mass is 256 g/mol. The smallest absolute Gasteiger partial charge is 0.304 e. The number of fused-ring (bicyclic) bond motifs is 3. The first kappa shape index (κ1) is 12.2. The number of aryl methyl sites for hydroxylation is 1. The predicted molar refractivity (Wildman–Crippen MR) is 71.6 cm³/mol. The Labute approximate surface area is 111 Å². The highest BCUT2D eigenvalue weighted by Gasteiger charge is 2.34. The molecule has 0 heterocycles. The molecule has 0 aliphatic heterocycles. The standard InChI is InChI=1S/C16H16O3/c17-15-9-14-11(7-12(15)8-16(18)19)6-5-10-3-1-2-4-13(10)14/h1-4,9,11-12H,5-8H2,(H,18,19). The molecule has 2 atom stereocenters. The van der Waals surface area contributed by atoms with E-state index in [-0.39, 0.29) is 18.1 Å². The summed E-state index contributed by atoms with van der Waals surface area (Å²) >= 11 is 0. The Hall–Kier alpha value is -1.90. The highest BCUT2D eigenvalue weighted by molar-refractivity contribution is 6.02. The molecular formula is C16H16O3. The van der Waals surface area contributed by atoms with Gasteiger partial charge in [0.2, 0.25) is 0 Å². The van der Waals surface area contributed by atoms with E-state index < -0.39 is 5.97 Å². The molecule has 0 spiro atoms. The van der Waals surface area contributed by atoms with Crippen LogP contribution in [-0.2, 0) is 16.0 Å². The molecule has 0 saturated heterocycles. The van der Waals surface area contributed by atoms with Crippen molar-refractivity contribution in [2.45, 2.75) is 25.7 Å². The zero-order valence-electron chi connectivity index (χ0n) is 10.6. The summed E-state index contributed by atoms with van der Waals surface area (Å²) in [7, 11) is 0. The summed E-state index contributed by atoms with van der Waals surface area (Å²) in [6.45, 7) is 0. The topological polar surface area (TPSA) is 54.4 Å². The zero-order chi connectivity index (χ0) is 13.4. The number of aliphatic carboxylic acids is 1. The van der Waals surface area contributed by atoms with Crippen LogP contribution in [0.3, 0.4) is 0 Å². The quantitative estimate of drug-likeness (QED) is 0.885. The van der Waals surface area contributed by atoms with Crippen molar-refractivity contribution >= 4 is 17.3 Å². The van der Waals surface area contributed by atoms with Gasteiger partial charge in [0.1, 0.15) is 0 Å². The predicted octanol–water partition coefficient (Wildman–Crippen LogP) is 2.70. The fourth-order valence-corrected chi connectivity index (χ4v) is 3.29. The number of carbonyl (C=O) groups is 2. The van der Waals surface area contributed by atoms with E-state index in [4.69, 9.17) is 5.11 Å². The first-order chi connectivity index (χ1) is 9.15. The lowest BCUT2D eigenvalue weighted by atomic mass is 9.70. The van der Waals surface area contributed by atoms with Crippen molar-refractivity contribution in [2.75, 3.05) is 0 Å². The first-order valence-electron chi connectivity index (χ1n) is 6.70. The van der Waals surface area contributed by atoms with Crippen molar-refractivity contribution in [3.8, 4) is 0 Å². The number of carboxylic acid groups (broad SMARTS) is 1. The second-order valence-electron chi connectivity index (χ2n) is 5.43. The number of benzene rings is 1. The summed E-state index contributed by atoms with van der Waals surface area (Å²) in [5.41, 5.74) is 3.60. The number of allylic oxidation sites excluding steroid dienone is 2. The molecule has 0 saturated carbocycles. The molecule has 0 amide bonds. The minimum absolute atomic E-state index is 0.0228. The van der Waals surface area contributed by atoms with E-state index >= 15 is 0 Å². The Morgan fingerprint density at radius 2 is 2.11 bits per heavy atom. The van der Waals surface area contributed by atoms with Gasteiger partial charge in [-0.15, -0.1) is 0 Å². The van der Waals surface area contributed by atoms with E-state index in [1.807, 2.05) is 12.1 Å². The number of carboxylic acids is 1. The van der Waals surface area contributed by atoms with Gasteiger partial charge < -0.3 is 5.11 Å². The highest BCUT2D eigenvalue weighted by Crippen LogP contribution is 2.42. The molecule has 0 bridgehead atoms. The fraction of sp³-hybridized carbons (Fsp3) is 0.375. The number of rotatable bonds is 2. The molecule has 1 aromatic carbocycles. The summed E-state index contributed by atoms with van der Waals surface area (Å²) in [6, 6.07) is 8.20. The van der Waals surface area contributed by atoms with Crippen LogP contribution >= 0.6 is 0 Å². The largest absolute Gasteiger partial charge is 0.481 e. The van der Waals surface area contributed by atoms with Gasteiger partial charge >= 0.3 is 5.97 Å². The van der Waals surface area contributed by atoms with Gasteiger partial charge in [0.25, 0.3) is 0 Å². The zero-order valence-corrected chi connectivity index (χ0v) is 10.6. The SMILES string of the molecule is O=C(O)CC1CC2CCc3ccccc3C2=CC1=O.